The van der Waals surface area contributed by atoms with Crippen molar-refractivity contribution in [2.75, 3.05) is 25.0 Å². The summed E-state index contributed by atoms with van der Waals surface area (Å²) in [4.78, 5) is 26.0. The van der Waals surface area contributed by atoms with Gasteiger partial charge in [-0.15, -0.1) is 0 Å². The van der Waals surface area contributed by atoms with E-state index in [1.807, 2.05) is 26.1 Å². The fraction of sp³-hybridized carbons (Fsp3) is 0.529. The van der Waals surface area contributed by atoms with Crippen molar-refractivity contribution in [3.8, 4) is 0 Å². The number of hydrogen-bond acceptors (Lipinski definition) is 3. The molecule has 22 heavy (non-hydrogen) atoms. The summed E-state index contributed by atoms with van der Waals surface area (Å²) in [6, 6.07) is 6.88. The van der Waals surface area contributed by atoms with Crippen molar-refractivity contribution in [3.05, 3.63) is 29.8 Å². The molecule has 1 aromatic carbocycles. The van der Waals surface area contributed by atoms with Crippen LogP contribution in [0.1, 0.15) is 44.0 Å². The van der Waals surface area contributed by atoms with E-state index in [0.29, 0.717) is 12.1 Å². The minimum atomic E-state index is -0.540. The Labute approximate surface area is 133 Å². The van der Waals surface area contributed by atoms with Crippen LogP contribution < -0.4 is 15.5 Å². The van der Waals surface area contributed by atoms with Gasteiger partial charge in [-0.25, -0.2) is 0 Å². The Kier molecular flexibility index (Phi) is 7.43. The summed E-state index contributed by atoms with van der Waals surface area (Å²) in [5.41, 5.74) is 1.64. The predicted molar refractivity (Wildman–Crippen MR) is 90.2 cm³/mol. The molecule has 0 saturated carbocycles. The van der Waals surface area contributed by atoms with Crippen LogP contribution in [0.15, 0.2) is 24.3 Å². The van der Waals surface area contributed by atoms with Crippen molar-refractivity contribution in [2.45, 2.75) is 39.7 Å². The first-order valence-corrected chi connectivity index (χ1v) is 7.89. The standard InChI is InChI=1S/C17H27N3O2/c1-5-11-18-16(21)13(3)19-17(22)14-7-9-15(10-8-14)20(4)12-6-2/h7-10,13H,5-6,11-12H2,1-4H3,(H,18,21)(H,19,22)/t13-/m0/s1. The molecular formula is C17H27N3O2. The van der Waals surface area contributed by atoms with Gasteiger partial charge in [-0.3, -0.25) is 9.59 Å². The van der Waals surface area contributed by atoms with E-state index in [4.69, 9.17) is 0 Å². The van der Waals surface area contributed by atoms with Crippen LogP contribution in [0.3, 0.4) is 0 Å². The van der Waals surface area contributed by atoms with E-state index in [-0.39, 0.29) is 11.8 Å². The second-order valence-corrected chi connectivity index (χ2v) is 5.45. The summed E-state index contributed by atoms with van der Waals surface area (Å²) in [5, 5.41) is 5.48. The molecule has 0 aromatic heterocycles. The molecule has 1 atom stereocenters. The summed E-state index contributed by atoms with van der Waals surface area (Å²) in [5.74, 6) is -0.390. The highest BCUT2D eigenvalue weighted by molar-refractivity contribution is 5.97. The molecule has 0 saturated heterocycles. The largest absolute Gasteiger partial charge is 0.375 e. The Morgan fingerprint density at radius 1 is 1.14 bits per heavy atom. The normalized spacial score (nSPS) is 11.6. The fourth-order valence-corrected chi connectivity index (χ4v) is 2.08. The summed E-state index contributed by atoms with van der Waals surface area (Å²) in [7, 11) is 2.03. The molecule has 0 spiro atoms. The second-order valence-electron chi connectivity index (χ2n) is 5.45. The highest BCUT2D eigenvalue weighted by atomic mass is 16.2. The first-order valence-electron chi connectivity index (χ1n) is 7.89. The van der Waals surface area contributed by atoms with Crippen LogP contribution in [-0.2, 0) is 4.79 Å². The fourth-order valence-electron chi connectivity index (χ4n) is 2.08. The van der Waals surface area contributed by atoms with E-state index in [1.54, 1.807) is 19.1 Å². The van der Waals surface area contributed by atoms with E-state index in [0.717, 1.165) is 25.1 Å². The number of rotatable bonds is 8. The quantitative estimate of drug-likeness (QED) is 0.774. The van der Waals surface area contributed by atoms with Crippen molar-refractivity contribution in [2.24, 2.45) is 0 Å². The summed E-state index contributed by atoms with van der Waals surface area (Å²) in [6.07, 6.45) is 1.95. The lowest BCUT2D eigenvalue weighted by molar-refractivity contribution is -0.122. The summed E-state index contributed by atoms with van der Waals surface area (Å²) < 4.78 is 0. The van der Waals surface area contributed by atoms with E-state index in [2.05, 4.69) is 22.5 Å². The van der Waals surface area contributed by atoms with Crippen LogP contribution in [0.4, 0.5) is 5.69 Å². The maximum atomic E-state index is 12.1. The number of nitrogens with one attached hydrogen (secondary N) is 2. The molecule has 0 aliphatic rings. The molecule has 0 radical (unpaired) electrons. The third kappa shape index (κ3) is 5.39. The van der Waals surface area contributed by atoms with Crippen molar-refractivity contribution in [1.29, 1.82) is 0 Å². The van der Waals surface area contributed by atoms with Gasteiger partial charge >= 0.3 is 0 Å². The van der Waals surface area contributed by atoms with E-state index in [9.17, 15) is 9.59 Å². The molecule has 5 heteroatoms. The molecule has 122 valence electrons. The minimum absolute atomic E-state index is 0.158. The molecule has 1 rings (SSSR count). The topological polar surface area (TPSA) is 61.4 Å². The van der Waals surface area contributed by atoms with Gasteiger partial charge in [0.2, 0.25) is 5.91 Å². The van der Waals surface area contributed by atoms with E-state index in [1.165, 1.54) is 0 Å². The van der Waals surface area contributed by atoms with Crippen LogP contribution in [0.2, 0.25) is 0 Å². The average molecular weight is 305 g/mol. The molecule has 5 nitrogen and oxygen atoms in total. The molecule has 0 unspecified atom stereocenters. The lowest BCUT2D eigenvalue weighted by Gasteiger charge is -2.19. The Morgan fingerprint density at radius 2 is 1.77 bits per heavy atom. The maximum Gasteiger partial charge on any atom is 0.251 e. The van der Waals surface area contributed by atoms with Gasteiger partial charge in [0, 0.05) is 31.4 Å². The molecule has 0 aliphatic heterocycles. The summed E-state index contributed by atoms with van der Waals surface area (Å²) in [6.45, 7) is 7.40. The average Bonchev–Trinajstić information content (AvgIpc) is 2.52. The Balaban J connectivity index is 2.60. The van der Waals surface area contributed by atoms with Crippen LogP contribution in [0.5, 0.6) is 0 Å². The zero-order valence-electron chi connectivity index (χ0n) is 14.0. The first kappa shape index (κ1) is 18.0. The van der Waals surface area contributed by atoms with Gasteiger partial charge < -0.3 is 15.5 Å². The van der Waals surface area contributed by atoms with Crippen LogP contribution in [0.25, 0.3) is 0 Å². The van der Waals surface area contributed by atoms with Crippen molar-refractivity contribution in [3.63, 3.8) is 0 Å². The Bertz CT molecular complexity index is 485. The summed E-state index contributed by atoms with van der Waals surface area (Å²) >= 11 is 0. The lowest BCUT2D eigenvalue weighted by Crippen LogP contribution is -2.45. The number of hydrogen-bond donors (Lipinski definition) is 2. The number of nitrogens with zero attached hydrogens (tertiary/aromatic N) is 1. The van der Waals surface area contributed by atoms with E-state index >= 15 is 0 Å². The second kappa shape index (κ2) is 9.07. The molecule has 0 fully saturated rings. The van der Waals surface area contributed by atoms with Gasteiger partial charge in [0.15, 0.2) is 0 Å². The third-order valence-corrected chi connectivity index (χ3v) is 3.42. The van der Waals surface area contributed by atoms with Gasteiger partial charge in [-0.2, -0.15) is 0 Å². The molecule has 0 aliphatic carbocycles. The zero-order valence-corrected chi connectivity index (χ0v) is 14.0. The van der Waals surface area contributed by atoms with Gasteiger partial charge in [0.1, 0.15) is 6.04 Å². The van der Waals surface area contributed by atoms with Gasteiger partial charge in [0.05, 0.1) is 0 Å². The number of benzene rings is 1. The number of amides is 2. The van der Waals surface area contributed by atoms with Gasteiger partial charge in [0.25, 0.3) is 5.91 Å². The van der Waals surface area contributed by atoms with Gasteiger partial charge in [-0.05, 0) is 44.0 Å². The highest BCUT2D eigenvalue weighted by Gasteiger charge is 2.16. The van der Waals surface area contributed by atoms with Crippen molar-refractivity contribution < 1.29 is 9.59 Å². The molecular weight excluding hydrogens is 278 g/mol. The highest BCUT2D eigenvalue weighted by Crippen LogP contribution is 2.14. The van der Waals surface area contributed by atoms with Gasteiger partial charge in [-0.1, -0.05) is 13.8 Å². The van der Waals surface area contributed by atoms with E-state index < -0.39 is 6.04 Å². The Hall–Kier alpha value is -2.04. The van der Waals surface area contributed by atoms with Crippen LogP contribution in [0, 0.1) is 0 Å². The first-order chi connectivity index (χ1) is 10.5. The number of carbonyl (C=O) groups is 2. The molecule has 2 amide bonds. The number of carbonyl (C=O) groups excluding carboxylic acids is 2. The zero-order chi connectivity index (χ0) is 16.5. The predicted octanol–water partition coefficient (Wildman–Crippen LogP) is 2.18. The monoisotopic (exact) mass is 305 g/mol. The smallest absolute Gasteiger partial charge is 0.251 e. The molecule has 1 aromatic rings. The third-order valence-electron chi connectivity index (χ3n) is 3.42. The molecule has 0 heterocycles. The SMILES string of the molecule is CCCNC(=O)[C@H](C)NC(=O)c1ccc(N(C)CCC)cc1. The minimum Gasteiger partial charge on any atom is -0.375 e. The van der Waals surface area contributed by atoms with Crippen molar-refractivity contribution >= 4 is 17.5 Å². The van der Waals surface area contributed by atoms with Crippen molar-refractivity contribution in [1.82, 2.24) is 10.6 Å². The Morgan fingerprint density at radius 3 is 2.32 bits per heavy atom. The van der Waals surface area contributed by atoms with Crippen LogP contribution in [-0.4, -0.2) is 38.0 Å². The maximum absolute atomic E-state index is 12.1. The molecule has 0 bridgehead atoms. The van der Waals surface area contributed by atoms with Crippen LogP contribution >= 0.6 is 0 Å². The lowest BCUT2D eigenvalue weighted by atomic mass is 10.1. The number of anilines is 1. The molecule has 2 N–H and O–H groups in total.